The molecule has 0 aliphatic carbocycles. The van der Waals surface area contributed by atoms with Gasteiger partial charge in [0.05, 0.1) is 6.61 Å². The van der Waals surface area contributed by atoms with E-state index in [0.29, 0.717) is 13.2 Å². The molecule has 1 aromatic rings. The summed E-state index contributed by atoms with van der Waals surface area (Å²) in [6, 6.07) is 7.60. The molecule has 1 aromatic carbocycles. The number of nitrogens with zero attached hydrogens (tertiary/aromatic N) is 1. The Hall–Kier alpha value is -1.55. The summed E-state index contributed by atoms with van der Waals surface area (Å²) < 4.78 is 5.42. The van der Waals surface area contributed by atoms with Crippen LogP contribution in [0.4, 0.5) is 0 Å². The van der Waals surface area contributed by atoms with Gasteiger partial charge in [-0.1, -0.05) is 25.0 Å². The maximum atomic E-state index is 11.4. The zero-order valence-electron chi connectivity index (χ0n) is 12.0. The summed E-state index contributed by atoms with van der Waals surface area (Å²) in [5.41, 5.74) is 1.14. The lowest BCUT2D eigenvalue weighted by atomic mass is 10.1. The topological polar surface area (TPSA) is 49.8 Å². The molecule has 0 amide bonds. The van der Waals surface area contributed by atoms with Crippen LogP contribution in [0, 0.1) is 0 Å². The van der Waals surface area contributed by atoms with E-state index in [-0.39, 0.29) is 6.04 Å². The number of carbonyl (C=O) groups is 1. The molecule has 0 saturated carbocycles. The predicted molar refractivity (Wildman–Crippen MR) is 77.9 cm³/mol. The molecular formula is C16H23NO3. The quantitative estimate of drug-likeness (QED) is 0.899. The second kappa shape index (κ2) is 7.29. The van der Waals surface area contributed by atoms with Crippen LogP contribution in [0.5, 0.6) is 5.75 Å². The van der Waals surface area contributed by atoms with Crippen LogP contribution in [-0.4, -0.2) is 35.2 Å². The molecule has 1 saturated heterocycles. The largest absolute Gasteiger partial charge is 0.494 e. The highest BCUT2D eigenvalue weighted by Gasteiger charge is 2.26. The molecule has 2 rings (SSSR count). The molecular weight excluding hydrogens is 254 g/mol. The van der Waals surface area contributed by atoms with E-state index in [0.717, 1.165) is 43.5 Å². The van der Waals surface area contributed by atoms with E-state index in [4.69, 9.17) is 4.74 Å². The van der Waals surface area contributed by atoms with Crippen LogP contribution in [0.3, 0.4) is 0 Å². The van der Waals surface area contributed by atoms with Gasteiger partial charge in [-0.2, -0.15) is 0 Å². The van der Waals surface area contributed by atoms with Crippen molar-refractivity contribution in [3.8, 4) is 5.75 Å². The molecule has 1 fully saturated rings. The number of carboxylic acid groups (broad SMARTS) is 1. The van der Waals surface area contributed by atoms with Gasteiger partial charge in [-0.3, -0.25) is 9.69 Å². The van der Waals surface area contributed by atoms with Crippen LogP contribution in [0.1, 0.15) is 38.2 Å². The van der Waals surface area contributed by atoms with Gasteiger partial charge in [0.2, 0.25) is 0 Å². The van der Waals surface area contributed by atoms with Crippen molar-refractivity contribution < 1.29 is 14.6 Å². The first kappa shape index (κ1) is 14.9. The minimum Gasteiger partial charge on any atom is -0.494 e. The van der Waals surface area contributed by atoms with Crippen LogP contribution in [0.25, 0.3) is 0 Å². The number of benzene rings is 1. The molecule has 1 heterocycles. The molecule has 4 nitrogen and oxygen atoms in total. The Morgan fingerprint density at radius 3 is 2.70 bits per heavy atom. The average Bonchev–Trinajstić information content (AvgIpc) is 2.67. The molecule has 1 aliphatic rings. The molecule has 20 heavy (non-hydrogen) atoms. The maximum Gasteiger partial charge on any atom is 0.320 e. The van der Waals surface area contributed by atoms with Gasteiger partial charge in [-0.25, -0.2) is 0 Å². The SMILES string of the molecule is CCOc1ccc(CN2CCCCCC2C(=O)O)cc1. The number of aliphatic carboxylic acids is 1. The van der Waals surface area contributed by atoms with Crippen LogP contribution < -0.4 is 4.74 Å². The second-order valence-corrected chi connectivity index (χ2v) is 5.25. The summed E-state index contributed by atoms with van der Waals surface area (Å²) in [5.74, 6) is 0.166. The van der Waals surface area contributed by atoms with Crippen molar-refractivity contribution in [1.29, 1.82) is 0 Å². The monoisotopic (exact) mass is 277 g/mol. The normalized spacial score (nSPS) is 20.4. The molecule has 0 radical (unpaired) electrons. The molecule has 0 bridgehead atoms. The predicted octanol–water partition coefficient (Wildman–Crippen LogP) is 2.91. The van der Waals surface area contributed by atoms with Crippen molar-refractivity contribution in [2.24, 2.45) is 0 Å². The van der Waals surface area contributed by atoms with Gasteiger partial charge in [0, 0.05) is 6.54 Å². The van der Waals surface area contributed by atoms with Gasteiger partial charge in [0.1, 0.15) is 11.8 Å². The fourth-order valence-corrected chi connectivity index (χ4v) is 2.73. The summed E-state index contributed by atoms with van der Waals surface area (Å²) in [7, 11) is 0. The summed E-state index contributed by atoms with van der Waals surface area (Å²) in [6.45, 7) is 4.18. The van der Waals surface area contributed by atoms with Crippen molar-refractivity contribution in [2.75, 3.05) is 13.2 Å². The van der Waals surface area contributed by atoms with E-state index in [1.54, 1.807) is 0 Å². The highest BCUT2D eigenvalue weighted by Crippen LogP contribution is 2.20. The third-order valence-corrected chi connectivity index (χ3v) is 3.77. The van der Waals surface area contributed by atoms with Crippen LogP contribution >= 0.6 is 0 Å². The van der Waals surface area contributed by atoms with Gasteiger partial charge in [0.15, 0.2) is 0 Å². The molecule has 1 aliphatic heterocycles. The number of carboxylic acids is 1. The minimum atomic E-state index is -0.696. The van der Waals surface area contributed by atoms with Crippen molar-refractivity contribution in [3.05, 3.63) is 29.8 Å². The number of hydrogen-bond acceptors (Lipinski definition) is 3. The second-order valence-electron chi connectivity index (χ2n) is 5.25. The van der Waals surface area contributed by atoms with E-state index in [2.05, 4.69) is 4.90 Å². The summed E-state index contributed by atoms with van der Waals surface area (Å²) in [4.78, 5) is 13.5. The third-order valence-electron chi connectivity index (χ3n) is 3.77. The minimum absolute atomic E-state index is 0.343. The van der Waals surface area contributed by atoms with Crippen molar-refractivity contribution in [2.45, 2.75) is 45.2 Å². The Balaban J connectivity index is 2.03. The van der Waals surface area contributed by atoms with Gasteiger partial charge in [-0.15, -0.1) is 0 Å². The lowest BCUT2D eigenvalue weighted by Gasteiger charge is -2.26. The van der Waals surface area contributed by atoms with Crippen molar-refractivity contribution >= 4 is 5.97 Å². The van der Waals surface area contributed by atoms with E-state index >= 15 is 0 Å². The van der Waals surface area contributed by atoms with Crippen LogP contribution in [0.15, 0.2) is 24.3 Å². The van der Waals surface area contributed by atoms with Crippen molar-refractivity contribution in [1.82, 2.24) is 4.90 Å². The van der Waals surface area contributed by atoms with Crippen molar-refractivity contribution in [3.63, 3.8) is 0 Å². The summed E-state index contributed by atoms with van der Waals surface area (Å²) >= 11 is 0. The molecule has 1 atom stereocenters. The first-order chi connectivity index (χ1) is 9.70. The average molecular weight is 277 g/mol. The number of likely N-dealkylation sites (tertiary alicyclic amines) is 1. The lowest BCUT2D eigenvalue weighted by Crippen LogP contribution is -2.40. The summed E-state index contributed by atoms with van der Waals surface area (Å²) in [5, 5.41) is 9.36. The molecule has 4 heteroatoms. The lowest BCUT2D eigenvalue weighted by molar-refractivity contribution is -0.143. The molecule has 0 aromatic heterocycles. The van der Waals surface area contributed by atoms with Gasteiger partial charge in [-0.05, 0) is 44.0 Å². The zero-order valence-corrected chi connectivity index (χ0v) is 12.0. The summed E-state index contributed by atoms with van der Waals surface area (Å²) in [6.07, 6.45) is 3.98. The van der Waals surface area contributed by atoms with Gasteiger partial charge >= 0.3 is 5.97 Å². The van der Waals surface area contributed by atoms with E-state index < -0.39 is 5.97 Å². The molecule has 110 valence electrons. The number of rotatable bonds is 5. The number of hydrogen-bond donors (Lipinski definition) is 1. The Kier molecular flexibility index (Phi) is 5.41. The Morgan fingerprint density at radius 1 is 1.30 bits per heavy atom. The Labute approximate surface area is 120 Å². The molecule has 1 unspecified atom stereocenters. The first-order valence-corrected chi connectivity index (χ1v) is 7.39. The third kappa shape index (κ3) is 3.97. The fourth-order valence-electron chi connectivity index (χ4n) is 2.73. The highest BCUT2D eigenvalue weighted by molar-refractivity contribution is 5.73. The van der Waals surface area contributed by atoms with E-state index in [9.17, 15) is 9.90 Å². The molecule has 1 N–H and O–H groups in total. The fraction of sp³-hybridized carbons (Fsp3) is 0.562. The molecule has 0 spiro atoms. The Bertz CT molecular complexity index is 430. The highest BCUT2D eigenvalue weighted by atomic mass is 16.5. The maximum absolute atomic E-state index is 11.4. The van der Waals surface area contributed by atoms with E-state index in [1.165, 1.54) is 0 Å². The van der Waals surface area contributed by atoms with E-state index in [1.807, 2.05) is 31.2 Å². The first-order valence-electron chi connectivity index (χ1n) is 7.39. The van der Waals surface area contributed by atoms with Crippen LogP contribution in [-0.2, 0) is 11.3 Å². The van der Waals surface area contributed by atoms with Gasteiger partial charge in [0.25, 0.3) is 0 Å². The standard InChI is InChI=1S/C16H23NO3/c1-2-20-14-9-7-13(8-10-14)12-17-11-5-3-4-6-15(17)16(18)19/h7-10,15H,2-6,11-12H2,1H3,(H,18,19). The van der Waals surface area contributed by atoms with Crippen LogP contribution in [0.2, 0.25) is 0 Å². The zero-order chi connectivity index (χ0) is 14.4. The smallest absolute Gasteiger partial charge is 0.320 e. The van der Waals surface area contributed by atoms with Gasteiger partial charge < -0.3 is 9.84 Å². The Morgan fingerprint density at radius 2 is 2.05 bits per heavy atom. The number of ether oxygens (including phenoxy) is 1.